The van der Waals surface area contributed by atoms with Gasteiger partial charge in [0.05, 0.1) is 5.56 Å². The Balaban J connectivity index is 1.34. The highest BCUT2D eigenvalue weighted by atomic mass is 19.4. The number of nitrogens with zero attached hydrogens (tertiary/aromatic N) is 3. The molecule has 2 amide bonds. The van der Waals surface area contributed by atoms with Crippen LogP contribution in [0.2, 0.25) is 0 Å². The molecule has 0 atom stereocenters. The fourth-order valence-electron chi connectivity index (χ4n) is 3.41. The number of amides is 2. The van der Waals surface area contributed by atoms with Crippen molar-refractivity contribution in [3.05, 3.63) is 83.8 Å². The summed E-state index contributed by atoms with van der Waals surface area (Å²) in [5.41, 5.74) is 1.99. The van der Waals surface area contributed by atoms with Crippen LogP contribution in [0.3, 0.4) is 0 Å². The maximum atomic E-state index is 12.7. The highest BCUT2D eigenvalue weighted by Crippen LogP contribution is 2.30. The van der Waals surface area contributed by atoms with Gasteiger partial charge in [-0.3, -0.25) is 4.98 Å². The van der Waals surface area contributed by atoms with E-state index in [4.69, 9.17) is 4.74 Å². The summed E-state index contributed by atoms with van der Waals surface area (Å²) in [4.78, 5) is 21.9. The summed E-state index contributed by atoms with van der Waals surface area (Å²) in [5.74, 6) is 0.562. The third-order valence-corrected chi connectivity index (χ3v) is 5.14. The number of alkyl halides is 3. The number of urea groups is 1. The Bertz CT molecular complexity index is 1120. The quantitative estimate of drug-likeness (QED) is 0.525. The molecule has 170 valence electrons. The van der Waals surface area contributed by atoms with Gasteiger partial charge in [-0.2, -0.15) is 13.2 Å². The van der Waals surface area contributed by atoms with Crippen molar-refractivity contribution in [1.29, 1.82) is 0 Å². The molecule has 0 bridgehead atoms. The van der Waals surface area contributed by atoms with Gasteiger partial charge in [0.2, 0.25) is 5.88 Å². The Morgan fingerprint density at radius 2 is 1.82 bits per heavy atom. The van der Waals surface area contributed by atoms with Crippen LogP contribution >= 0.6 is 0 Å². The fraction of sp³-hybridized carbons (Fsp3) is 0.208. The fourth-order valence-corrected chi connectivity index (χ4v) is 3.41. The normalized spacial score (nSPS) is 14.0. The Morgan fingerprint density at radius 1 is 1.06 bits per heavy atom. The van der Waals surface area contributed by atoms with Crippen molar-refractivity contribution in [2.24, 2.45) is 0 Å². The van der Waals surface area contributed by atoms with Crippen LogP contribution in [0.15, 0.2) is 72.7 Å². The van der Waals surface area contributed by atoms with Gasteiger partial charge in [-0.25, -0.2) is 9.78 Å². The molecule has 1 N–H and O–H groups in total. The van der Waals surface area contributed by atoms with E-state index in [1.807, 2.05) is 18.2 Å². The van der Waals surface area contributed by atoms with Crippen LogP contribution in [0, 0.1) is 0 Å². The largest absolute Gasteiger partial charge is 0.439 e. The Kier molecular flexibility index (Phi) is 6.58. The molecule has 1 aliphatic heterocycles. The molecule has 0 unspecified atom stereocenters. The number of ether oxygens (including phenoxy) is 1. The maximum Gasteiger partial charge on any atom is 0.417 e. The number of benzene rings is 1. The molecular weight excluding hydrogens is 433 g/mol. The summed E-state index contributed by atoms with van der Waals surface area (Å²) >= 11 is 0. The molecule has 1 aliphatic rings. The van der Waals surface area contributed by atoms with E-state index in [1.54, 1.807) is 41.6 Å². The van der Waals surface area contributed by atoms with Crippen LogP contribution in [-0.4, -0.2) is 34.0 Å². The second-order valence-corrected chi connectivity index (χ2v) is 7.51. The number of aromatic nitrogens is 2. The van der Waals surface area contributed by atoms with E-state index < -0.39 is 11.7 Å². The molecule has 33 heavy (non-hydrogen) atoms. The highest BCUT2D eigenvalue weighted by molar-refractivity contribution is 5.89. The van der Waals surface area contributed by atoms with E-state index in [0.29, 0.717) is 24.5 Å². The second kappa shape index (κ2) is 9.72. The van der Waals surface area contributed by atoms with Gasteiger partial charge in [0, 0.05) is 43.4 Å². The molecule has 0 spiro atoms. The molecule has 3 aromatic rings. The van der Waals surface area contributed by atoms with Crippen molar-refractivity contribution < 1.29 is 22.7 Å². The van der Waals surface area contributed by atoms with Crippen LogP contribution in [0.5, 0.6) is 11.6 Å². The van der Waals surface area contributed by atoms with Gasteiger partial charge in [0.1, 0.15) is 5.75 Å². The van der Waals surface area contributed by atoms with Gasteiger partial charge < -0.3 is 15.0 Å². The van der Waals surface area contributed by atoms with E-state index in [2.05, 4.69) is 15.3 Å². The maximum absolute atomic E-state index is 12.7. The summed E-state index contributed by atoms with van der Waals surface area (Å²) in [6, 6.07) is 12.7. The number of halogens is 3. The summed E-state index contributed by atoms with van der Waals surface area (Å²) in [5, 5.41) is 2.86. The molecule has 3 heterocycles. The number of anilines is 1. The average molecular weight is 454 g/mol. The second-order valence-electron chi connectivity index (χ2n) is 7.51. The Morgan fingerprint density at radius 3 is 2.48 bits per heavy atom. The van der Waals surface area contributed by atoms with E-state index >= 15 is 0 Å². The Hall–Kier alpha value is -3.88. The van der Waals surface area contributed by atoms with Crippen LogP contribution in [0.4, 0.5) is 23.7 Å². The lowest BCUT2D eigenvalue weighted by molar-refractivity contribution is -0.137. The van der Waals surface area contributed by atoms with Crippen LogP contribution < -0.4 is 10.1 Å². The lowest BCUT2D eigenvalue weighted by Gasteiger charge is -2.28. The van der Waals surface area contributed by atoms with Gasteiger partial charge in [0.15, 0.2) is 0 Å². The van der Waals surface area contributed by atoms with Crippen molar-refractivity contribution in [2.75, 3.05) is 18.4 Å². The topological polar surface area (TPSA) is 67.4 Å². The zero-order chi connectivity index (χ0) is 23.3. The number of piperidine rings is 1. The number of hydrogen-bond acceptors (Lipinski definition) is 4. The third-order valence-electron chi connectivity index (χ3n) is 5.14. The molecule has 2 aromatic heterocycles. The zero-order valence-electron chi connectivity index (χ0n) is 17.5. The van der Waals surface area contributed by atoms with E-state index in [-0.39, 0.29) is 11.9 Å². The molecule has 0 radical (unpaired) electrons. The SMILES string of the molecule is O=C(Nc1ccncc1)N1CCC(=Cc2cccc(Oc3ccc(C(F)(F)F)cn3)c2)CC1. The molecule has 9 heteroatoms. The van der Waals surface area contributed by atoms with Gasteiger partial charge >= 0.3 is 12.2 Å². The van der Waals surface area contributed by atoms with Crippen molar-refractivity contribution in [3.8, 4) is 11.6 Å². The molecular formula is C24H21F3N4O2. The average Bonchev–Trinajstić information content (AvgIpc) is 2.80. The van der Waals surface area contributed by atoms with Crippen LogP contribution in [0.25, 0.3) is 6.08 Å². The smallest absolute Gasteiger partial charge is 0.417 e. The van der Waals surface area contributed by atoms with Crippen molar-refractivity contribution in [3.63, 3.8) is 0 Å². The first-order valence-corrected chi connectivity index (χ1v) is 10.3. The van der Waals surface area contributed by atoms with E-state index in [9.17, 15) is 18.0 Å². The predicted molar refractivity (Wildman–Crippen MR) is 118 cm³/mol. The number of pyridine rings is 2. The van der Waals surface area contributed by atoms with Crippen LogP contribution in [-0.2, 0) is 6.18 Å². The van der Waals surface area contributed by atoms with Gasteiger partial charge in [0.25, 0.3) is 0 Å². The predicted octanol–water partition coefficient (Wildman–Crippen LogP) is 6.00. The van der Waals surface area contributed by atoms with Gasteiger partial charge in [-0.15, -0.1) is 0 Å². The molecule has 6 nitrogen and oxygen atoms in total. The minimum absolute atomic E-state index is 0.0846. The van der Waals surface area contributed by atoms with Gasteiger partial charge in [-0.1, -0.05) is 23.8 Å². The first-order chi connectivity index (χ1) is 15.9. The van der Waals surface area contributed by atoms with E-state index in [0.717, 1.165) is 30.7 Å². The highest BCUT2D eigenvalue weighted by Gasteiger charge is 2.30. The summed E-state index contributed by atoms with van der Waals surface area (Å²) in [7, 11) is 0. The standard InChI is InChI=1S/C24H21F3N4O2/c25-24(26,27)19-4-5-22(29-16-19)33-21-3-1-2-18(15-21)14-17-8-12-31(13-9-17)23(32)30-20-6-10-28-11-7-20/h1-7,10-11,14-16H,8-9,12-13H2,(H,28,30,32). The van der Waals surface area contributed by atoms with Crippen LogP contribution in [0.1, 0.15) is 24.0 Å². The Labute approximate surface area is 188 Å². The van der Waals surface area contributed by atoms with Crippen molar-refractivity contribution in [2.45, 2.75) is 19.0 Å². The van der Waals surface area contributed by atoms with Crippen molar-refractivity contribution >= 4 is 17.8 Å². The van der Waals surface area contributed by atoms with Gasteiger partial charge in [-0.05, 0) is 48.7 Å². The third kappa shape index (κ3) is 6.09. The molecule has 1 aromatic carbocycles. The first-order valence-electron chi connectivity index (χ1n) is 10.3. The first kappa shape index (κ1) is 22.3. The number of likely N-dealkylation sites (tertiary alicyclic amines) is 1. The summed E-state index contributed by atoms with van der Waals surface area (Å²) < 4.78 is 43.6. The summed E-state index contributed by atoms with van der Waals surface area (Å²) in [6.45, 7) is 1.21. The lowest BCUT2D eigenvalue weighted by atomic mass is 10.0. The number of hydrogen-bond donors (Lipinski definition) is 1. The molecule has 0 aliphatic carbocycles. The van der Waals surface area contributed by atoms with E-state index in [1.165, 1.54) is 11.6 Å². The number of rotatable bonds is 4. The molecule has 1 saturated heterocycles. The molecule has 0 saturated carbocycles. The minimum Gasteiger partial charge on any atom is -0.439 e. The molecule has 4 rings (SSSR count). The van der Waals surface area contributed by atoms with Crippen molar-refractivity contribution in [1.82, 2.24) is 14.9 Å². The molecule has 1 fully saturated rings. The minimum atomic E-state index is -4.44. The zero-order valence-corrected chi connectivity index (χ0v) is 17.5. The number of carbonyl (C=O) groups is 1. The summed E-state index contributed by atoms with van der Waals surface area (Å²) in [6.07, 6.45) is 3.10. The number of nitrogens with one attached hydrogen (secondary N) is 1. The monoisotopic (exact) mass is 454 g/mol. The lowest BCUT2D eigenvalue weighted by Crippen LogP contribution is -2.39. The number of carbonyl (C=O) groups excluding carboxylic acids is 1.